The highest BCUT2D eigenvalue weighted by Crippen LogP contribution is 2.24. The summed E-state index contributed by atoms with van der Waals surface area (Å²) < 4.78 is 5.62. The third-order valence-corrected chi connectivity index (χ3v) is 4.23. The molecule has 1 unspecified atom stereocenters. The van der Waals surface area contributed by atoms with Crippen LogP contribution < -0.4 is 5.73 Å². The van der Waals surface area contributed by atoms with Gasteiger partial charge < -0.3 is 10.5 Å². The van der Waals surface area contributed by atoms with Gasteiger partial charge in [-0.25, -0.2) is 4.79 Å². The zero-order valence-electron chi connectivity index (χ0n) is 10.6. The van der Waals surface area contributed by atoms with Gasteiger partial charge >= 0.3 is 5.97 Å². The molecule has 0 fully saturated rings. The first-order chi connectivity index (χ1) is 8.54. The van der Waals surface area contributed by atoms with Gasteiger partial charge in [-0.05, 0) is 36.8 Å². The molecule has 0 amide bonds. The van der Waals surface area contributed by atoms with Crippen molar-refractivity contribution >= 4 is 33.7 Å². The Morgan fingerprint density at radius 1 is 1.56 bits per heavy atom. The van der Waals surface area contributed by atoms with Crippen molar-refractivity contribution in [1.82, 2.24) is 0 Å². The molecule has 1 atom stereocenters. The Hall–Kier alpha value is -0.520. The summed E-state index contributed by atoms with van der Waals surface area (Å²) in [6, 6.07) is 5.79. The van der Waals surface area contributed by atoms with Crippen molar-refractivity contribution in [3.05, 3.63) is 33.8 Å². The van der Waals surface area contributed by atoms with Gasteiger partial charge in [-0.3, -0.25) is 0 Å². The molecule has 1 aromatic carbocycles. The van der Waals surface area contributed by atoms with E-state index in [0.717, 1.165) is 22.4 Å². The molecule has 0 radical (unpaired) electrons. The molecule has 0 bridgehead atoms. The molecular formula is C13H18BrNO2S. The summed E-state index contributed by atoms with van der Waals surface area (Å²) in [5.41, 5.74) is 7.44. The maximum atomic E-state index is 11.4. The van der Waals surface area contributed by atoms with Gasteiger partial charge in [0.1, 0.15) is 0 Å². The van der Waals surface area contributed by atoms with E-state index < -0.39 is 0 Å². The molecule has 0 spiro atoms. The van der Waals surface area contributed by atoms with E-state index in [4.69, 9.17) is 5.73 Å². The van der Waals surface area contributed by atoms with Crippen LogP contribution in [0, 0.1) is 0 Å². The van der Waals surface area contributed by atoms with E-state index in [1.807, 2.05) is 24.8 Å². The van der Waals surface area contributed by atoms with Crippen LogP contribution >= 0.6 is 27.7 Å². The quantitative estimate of drug-likeness (QED) is 0.642. The first-order valence-electron chi connectivity index (χ1n) is 5.74. The Morgan fingerprint density at radius 3 is 2.83 bits per heavy atom. The second-order valence-corrected chi connectivity index (χ2v) is 6.08. The lowest BCUT2D eigenvalue weighted by Gasteiger charge is -2.07. The summed E-state index contributed by atoms with van der Waals surface area (Å²) in [7, 11) is 1.38. The highest BCUT2D eigenvalue weighted by molar-refractivity contribution is 9.10. The molecule has 2 N–H and O–H groups in total. The van der Waals surface area contributed by atoms with Crippen LogP contribution in [0.2, 0.25) is 0 Å². The molecule has 0 aliphatic heterocycles. The van der Waals surface area contributed by atoms with Crippen molar-refractivity contribution in [2.45, 2.75) is 25.1 Å². The van der Waals surface area contributed by atoms with Crippen molar-refractivity contribution in [3.63, 3.8) is 0 Å². The van der Waals surface area contributed by atoms with Gasteiger partial charge in [-0.2, -0.15) is 11.8 Å². The minimum atomic E-state index is -0.313. The standard InChI is InChI=1S/C13H18BrNO2S/c1-9(15)5-6-18-8-11-4-3-10(7-12(11)14)13(16)17-2/h3-4,7,9H,5-6,8,15H2,1-2H3. The maximum Gasteiger partial charge on any atom is 0.337 e. The number of rotatable bonds is 6. The van der Waals surface area contributed by atoms with Crippen LogP contribution in [0.5, 0.6) is 0 Å². The molecule has 0 aliphatic rings. The number of ether oxygens (including phenoxy) is 1. The molecule has 1 rings (SSSR count). The number of benzene rings is 1. The monoisotopic (exact) mass is 331 g/mol. The number of halogens is 1. The van der Waals surface area contributed by atoms with Gasteiger partial charge in [0.25, 0.3) is 0 Å². The van der Waals surface area contributed by atoms with Crippen LogP contribution in [0.15, 0.2) is 22.7 Å². The lowest BCUT2D eigenvalue weighted by atomic mass is 10.1. The Balaban J connectivity index is 2.55. The van der Waals surface area contributed by atoms with Crippen molar-refractivity contribution in [2.24, 2.45) is 5.73 Å². The minimum Gasteiger partial charge on any atom is -0.465 e. The average molecular weight is 332 g/mol. The predicted molar refractivity (Wildman–Crippen MR) is 79.9 cm³/mol. The molecular weight excluding hydrogens is 314 g/mol. The summed E-state index contributed by atoms with van der Waals surface area (Å²) in [5, 5.41) is 0. The van der Waals surface area contributed by atoms with E-state index in [1.165, 1.54) is 12.7 Å². The first kappa shape index (κ1) is 15.5. The highest BCUT2D eigenvalue weighted by Gasteiger charge is 2.08. The first-order valence-corrected chi connectivity index (χ1v) is 7.69. The Kier molecular flexibility index (Phi) is 6.75. The fourth-order valence-electron chi connectivity index (χ4n) is 1.36. The lowest BCUT2D eigenvalue weighted by Crippen LogP contribution is -2.15. The zero-order valence-corrected chi connectivity index (χ0v) is 13.0. The molecule has 18 heavy (non-hydrogen) atoms. The minimum absolute atomic E-state index is 0.252. The fourth-order valence-corrected chi connectivity index (χ4v) is 3.22. The van der Waals surface area contributed by atoms with Gasteiger partial charge in [-0.15, -0.1) is 0 Å². The summed E-state index contributed by atoms with van der Waals surface area (Å²) in [6.07, 6.45) is 1.02. The van der Waals surface area contributed by atoms with Crippen molar-refractivity contribution < 1.29 is 9.53 Å². The number of methoxy groups -OCH3 is 1. The summed E-state index contributed by atoms with van der Waals surface area (Å²) >= 11 is 5.32. The number of esters is 1. The summed E-state index contributed by atoms with van der Waals surface area (Å²) in [4.78, 5) is 11.4. The Morgan fingerprint density at radius 2 is 2.28 bits per heavy atom. The van der Waals surface area contributed by atoms with Crippen LogP contribution in [-0.2, 0) is 10.5 Å². The highest BCUT2D eigenvalue weighted by atomic mass is 79.9. The maximum absolute atomic E-state index is 11.4. The molecule has 0 heterocycles. The fraction of sp³-hybridized carbons (Fsp3) is 0.462. The smallest absolute Gasteiger partial charge is 0.337 e. The molecule has 0 aromatic heterocycles. The van der Waals surface area contributed by atoms with Gasteiger partial charge in [0.15, 0.2) is 0 Å². The van der Waals surface area contributed by atoms with Gasteiger partial charge in [-0.1, -0.05) is 22.0 Å². The number of nitrogens with two attached hydrogens (primary N) is 1. The topological polar surface area (TPSA) is 52.3 Å². The SMILES string of the molecule is COC(=O)c1ccc(CSCCC(C)N)c(Br)c1. The molecule has 3 nitrogen and oxygen atoms in total. The van der Waals surface area contributed by atoms with E-state index in [9.17, 15) is 4.79 Å². The van der Waals surface area contributed by atoms with Crippen LogP contribution in [0.25, 0.3) is 0 Å². The molecule has 0 saturated carbocycles. The van der Waals surface area contributed by atoms with E-state index in [2.05, 4.69) is 20.7 Å². The van der Waals surface area contributed by atoms with Gasteiger partial charge in [0, 0.05) is 16.3 Å². The second-order valence-electron chi connectivity index (χ2n) is 4.12. The molecule has 0 aliphatic carbocycles. The molecule has 5 heteroatoms. The molecule has 0 saturated heterocycles. The third kappa shape index (κ3) is 5.00. The van der Waals surface area contributed by atoms with Crippen LogP contribution in [0.3, 0.4) is 0 Å². The van der Waals surface area contributed by atoms with Crippen molar-refractivity contribution in [3.8, 4) is 0 Å². The largest absolute Gasteiger partial charge is 0.465 e. The lowest BCUT2D eigenvalue weighted by molar-refractivity contribution is 0.0600. The van der Waals surface area contributed by atoms with E-state index in [1.54, 1.807) is 12.1 Å². The third-order valence-electron chi connectivity index (χ3n) is 2.45. The predicted octanol–water partition coefficient (Wildman–Crippen LogP) is 3.21. The van der Waals surface area contributed by atoms with Crippen molar-refractivity contribution in [2.75, 3.05) is 12.9 Å². The second kappa shape index (κ2) is 7.81. The van der Waals surface area contributed by atoms with Crippen LogP contribution in [0.1, 0.15) is 29.3 Å². The molecule has 1 aromatic rings. The Labute approximate surface area is 121 Å². The Bertz CT molecular complexity index is 410. The van der Waals surface area contributed by atoms with Gasteiger partial charge in [0.05, 0.1) is 12.7 Å². The number of thioether (sulfide) groups is 1. The number of hydrogen-bond donors (Lipinski definition) is 1. The number of carbonyl (C=O) groups excluding carboxylic acids is 1. The van der Waals surface area contributed by atoms with Gasteiger partial charge in [0.2, 0.25) is 0 Å². The summed E-state index contributed by atoms with van der Waals surface area (Å²) in [6.45, 7) is 2.02. The van der Waals surface area contributed by atoms with Crippen LogP contribution in [-0.4, -0.2) is 24.9 Å². The van der Waals surface area contributed by atoms with E-state index in [-0.39, 0.29) is 12.0 Å². The molecule has 100 valence electrons. The van der Waals surface area contributed by atoms with E-state index in [0.29, 0.717) is 5.56 Å². The zero-order chi connectivity index (χ0) is 13.5. The number of carbonyl (C=O) groups is 1. The van der Waals surface area contributed by atoms with Crippen molar-refractivity contribution in [1.29, 1.82) is 0 Å². The van der Waals surface area contributed by atoms with Crippen LogP contribution in [0.4, 0.5) is 0 Å². The normalized spacial score (nSPS) is 12.2. The average Bonchev–Trinajstić information content (AvgIpc) is 2.34. The van der Waals surface area contributed by atoms with E-state index >= 15 is 0 Å². The summed E-state index contributed by atoms with van der Waals surface area (Å²) in [5.74, 6) is 1.64. The number of hydrogen-bond acceptors (Lipinski definition) is 4.